The molecule has 0 unspecified atom stereocenters. The van der Waals surface area contributed by atoms with E-state index in [0.29, 0.717) is 64.8 Å². The topological polar surface area (TPSA) is 125 Å². The zero-order valence-electron chi connectivity index (χ0n) is 27.5. The summed E-state index contributed by atoms with van der Waals surface area (Å²) in [6, 6.07) is 15.7. The summed E-state index contributed by atoms with van der Waals surface area (Å²) in [6.45, 7) is 11.4. The second kappa shape index (κ2) is 17.7. The van der Waals surface area contributed by atoms with Gasteiger partial charge in [-0.05, 0) is 31.9 Å². The number of carbonyl (C=O) groups is 3. The van der Waals surface area contributed by atoms with Crippen LogP contribution in [0.25, 0.3) is 22.5 Å². The molecule has 2 amide bonds. The maximum atomic E-state index is 13.7. The number of ether oxygens (including phenoxy) is 3. The van der Waals surface area contributed by atoms with Gasteiger partial charge in [0.25, 0.3) is 0 Å². The van der Waals surface area contributed by atoms with Gasteiger partial charge in [0.05, 0.1) is 50.5 Å². The Morgan fingerprint density at radius 2 is 1.59 bits per heavy atom. The number of aromatic nitrogens is 3. The number of hydrogen-bond acceptors (Lipinski definition) is 8. The van der Waals surface area contributed by atoms with Crippen molar-refractivity contribution in [1.29, 1.82) is 0 Å². The van der Waals surface area contributed by atoms with Crippen LogP contribution in [0.2, 0.25) is 0 Å². The summed E-state index contributed by atoms with van der Waals surface area (Å²) >= 11 is 0. The Kier molecular flexibility index (Phi) is 13.4. The van der Waals surface area contributed by atoms with Crippen molar-refractivity contribution in [3.63, 3.8) is 0 Å². The van der Waals surface area contributed by atoms with E-state index in [0.717, 1.165) is 34.5 Å². The molecule has 11 nitrogen and oxygen atoms in total. The quantitative estimate of drug-likeness (QED) is 0.198. The lowest BCUT2D eigenvalue weighted by Gasteiger charge is -2.28. The van der Waals surface area contributed by atoms with Crippen molar-refractivity contribution in [3.8, 4) is 22.5 Å². The molecule has 2 aromatic carbocycles. The fourth-order valence-corrected chi connectivity index (χ4v) is 5.23. The zero-order chi connectivity index (χ0) is 32.9. The molecule has 2 heterocycles. The molecule has 1 N–H and O–H groups in total. The van der Waals surface area contributed by atoms with Crippen LogP contribution in [0.3, 0.4) is 0 Å². The molecule has 3 aromatic rings. The summed E-state index contributed by atoms with van der Waals surface area (Å²) in [5.74, 6) is -0.240. The smallest absolute Gasteiger partial charge is 0.227 e. The van der Waals surface area contributed by atoms with Crippen LogP contribution < -0.4 is 10.2 Å². The first-order valence-corrected chi connectivity index (χ1v) is 16.2. The summed E-state index contributed by atoms with van der Waals surface area (Å²) < 4.78 is 18.7. The highest BCUT2D eigenvalue weighted by Gasteiger charge is 2.29. The van der Waals surface area contributed by atoms with Crippen LogP contribution in [0.4, 0.5) is 5.69 Å². The van der Waals surface area contributed by atoms with E-state index >= 15 is 0 Å². The molecule has 0 spiro atoms. The van der Waals surface area contributed by atoms with E-state index in [2.05, 4.69) is 15.6 Å². The maximum absolute atomic E-state index is 13.7. The summed E-state index contributed by atoms with van der Waals surface area (Å²) in [5.41, 5.74) is 5.09. The van der Waals surface area contributed by atoms with Gasteiger partial charge in [0, 0.05) is 56.0 Å². The van der Waals surface area contributed by atoms with Gasteiger partial charge in [-0.15, -0.1) is 5.10 Å². The van der Waals surface area contributed by atoms with Crippen molar-refractivity contribution in [2.45, 2.75) is 72.6 Å². The van der Waals surface area contributed by atoms with Crippen molar-refractivity contribution < 1.29 is 28.6 Å². The Balaban J connectivity index is 1.41. The summed E-state index contributed by atoms with van der Waals surface area (Å²) in [4.78, 5) is 39.7. The third-order valence-corrected chi connectivity index (χ3v) is 7.70. The van der Waals surface area contributed by atoms with E-state index in [1.165, 1.54) is 0 Å². The highest BCUT2D eigenvalue weighted by Crippen LogP contribution is 2.41. The van der Waals surface area contributed by atoms with Crippen molar-refractivity contribution in [2.75, 3.05) is 44.5 Å². The molecule has 4 rings (SSSR count). The zero-order valence-corrected chi connectivity index (χ0v) is 27.5. The highest BCUT2D eigenvalue weighted by molar-refractivity contribution is 6.01. The molecule has 0 fully saturated rings. The number of hydrogen-bond donors (Lipinski definition) is 1. The Morgan fingerprint density at radius 1 is 0.848 bits per heavy atom. The fourth-order valence-electron chi connectivity index (χ4n) is 5.23. The summed E-state index contributed by atoms with van der Waals surface area (Å²) in [6.07, 6.45) is 1.41. The molecule has 1 aliphatic rings. The molecular weight excluding hydrogens is 586 g/mol. The van der Waals surface area contributed by atoms with Gasteiger partial charge < -0.3 is 24.4 Å². The Hall–Kier alpha value is -3.93. The fraction of sp³-hybridized carbons (Fsp3) is 0.514. The average Bonchev–Trinajstić information content (AvgIpc) is 3.45. The molecular formula is C35H47N5O6. The van der Waals surface area contributed by atoms with Crippen LogP contribution in [-0.4, -0.2) is 78.3 Å². The lowest BCUT2D eigenvalue weighted by molar-refractivity contribution is -0.125. The van der Waals surface area contributed by atoms with Crippen LogP contribution in [0, 0.1) is 5.92 Å². The number of carbonyl (C=O) groups excluding carboxylic acids is 3. The van der Waals surface area contributed by atoms with Crippen LogP contribution in [0.5, 0.6) is 0 Å². The first-order chi connectivity index (χ1) is 22.3. The SMILES string of the molecule is CC(C)OCCOCCCn1nnc2c1-c1ccccc1CN(C(=O)CCC(=O)NCCOCCC(=O)C(C)C)c1ccccc1-2. The molecule has 46 heavy (non-hydrogen) atoms. The molecule has 0 aliphatic carbocycles. The van der Waals surface area contributed by atoms with E-state index in [1.807, 2.05) is 80.9 Å². The molecule has 11 heteroatoms. The van der Waals surface area contributed by atoms with Gasteiger partial charge in [-0.3, -0.25) is 14.4 Å². The number of nitrogens with one attached hydrogen (secondary N) is 1. The van der Waals surface area contributed by atoms with E-state index in [4.69, 9.17) is 14.2 Å². The number of Topliss-reactive ketones (excluding diaryl/α,β-unsaturated/α-hetero) is 1. The van der Waals surface area contributed by atoms with Gasteiger partial charge in [0.1, 0.15) is 11.5 Å². The van der Waals surface area contributed by atoms with E-state index < -0.39 is 0 Å². The van der Waals surface area contributed by atoms with Gasteiger partial charge >= 0.3 is 0 Å². The van der Waals surface area contributed by atoms with Gasteiger partial charge in [-0.25, -0.2) is 4.68 Å². The van der Waals surface area contributed by atoms with Gasteiger partial charge in [-0.1, -0.05) is 61.5 Å². The third kappa shape index (κ3) is 9.78. The van der Waals surface area contributed by atoms with E-state index in [9.17, 15) is 14.4 Å². The molecule has 1 aliphatic heterocycles. The molecule has 0 saturated heterocycles. The number of ketones is 1. The second-order valence-electron chi connectivity index (χ2n) is 11.9. The number of benzene rings is 2. The van der Waals surface area contributed by atoms with Gasteiger partial charge in [0.2, 0.25) is 11.8 Å². The Bertz CT molecular complexity index is 1450. The summed E-state index contributed by atoms with van der Waals surface area (Å²) in [5, 5.41) is 11.9. The van der Waals surface area contributed by atoms with Gasteiger partial charge in [0.15, 0.2) is 0 Å². The summed E-state index contributed by atoms with van der Waals surface area (Å²) in [7, 11) is 0. The van der Waals surface area contributed by atoms with Crippen molar-refractivity contribution in [2.24, 2.45) is 5.92 Å². The van der Waals surface area contributed by atoms with Crippen LogP contribution >= 0.6 is 0 Å². The third-order valence-electron chi connectivity index (χ3n) is 7.70. The molecule has 0 atom stereocenters. The lowest BCUT2D eigenvalue weighted by Crippen LogP contribution is -2.34. The van der Waals surface area contributed by atoms with Gasteiger partial charge in [-0.2, -0.15) is 0 Å². The molecule has 0 radical (unpaired) electrons. The minimum absolute atomic E-state index is 0.0121. The molecule has 1 aromatic heterocycles. The standard InChI is InChI=1S/C35H47N5O6/c1-25(2)31(41)16-20-45-21-17-36-32(42)14-15-33(43)39-24-27-10-5-6-11-28(27)35-34(29-12-7-8-13-30(29)39)37-38-40(35)18-9-19-44-22-23-46-26(3)4/h5-8,10-13,25-26H,9,14-24H2,1-4H3,(H,36,42). The number of fused-ring (bicyclic) bond motifs is 5. The Morgan fingerprint density at radius 3 is 2.37 bits per heavy atom. The minimum atomic E-state index is -0.224. The highest BCUT2D eigenvalue weighted by atomic mass is 16.5. The average molecular weight is 634 g/mol. The number of nitrogens with zero attached hydrogens (tertiary/aromatic N) is 4. The number of para-hydroxylation sites is 1. The first-order valence-electron chi connectivity index (χ1n) is 16.2. The largest absolute Gasteiger partial charge is 0.379 e. The van der Waals surface area contributed by atoms with Crippen LogP contribution in [0.1, 0.15) is 58.9 Å². The molecule has 0 saturated carbocycles. The number of aryl methyl sites for hydroxylation is 1. The van der Waals surface area contributed by atoms with Crippen LogP contribution in [-0.2, 0) is 41.7 Å². The minimum Gasteiger partial charge on any atom is -0.379 e. The molecule has 248 valence electrons. The number of anilines is 1. The van der Waals surface area contributed by atoms with Crippen molar-refractivity contribution >= 4 is 23.3 Å². The predicted octanol–water partition coefficient (Wildman–Crippen LogP) is 4.82. The Labute approximate surface area is 271 Å². The van der Waals surface area contributed by atoms with Crippen molar-refractivity contribution in [3.05, 3.63) is 54.1 Å². The van der Waals surface area contributed by atoms with Crippen LogP contribution in [0.15, 0.2) is 48.5 Å². The number of amides is 2. The van der Waals surface area contributed by atoms with Crippen molar-refractivity contribution in [1.82, 2.24) is 20.3 Å². The first kappa shape index (κ1) is 34.9. The van der Waals surface area contributed by atoms with E-state index in [1.54, 1.807) is 4.90 Å². The molecule has 0 bridgehead atoms. The maximum Gasteiger partial charge on any atom is 0.227 e. The number of rotatable bonds is 18. The predicted molar refractivity (Wildman–Crippen MR) is 176 cm³/mol. The second-order valence-corrected chi connectivity index (χ2v) is 11.9. The normalized spacial score (nSPS) is 12.3. The monoisotopic (exact) mass is 633 g/mol. The van der Waals surface area contributed by atoms with E-state index in [-0.39, 0.29) is 42.5 Å². The lowest BCUT2D eigenvalue weighted by atomic mass is 9.95.